The Morgan fingerprint density at radius 3 is 2.62 bits per heavy atom. The van der Waals surface area contributed by atoms with Crippen molar-refractivity contribution < 1.29 is 8.42 Å². The Labute approximate surface area is 178 Å². The second kappa shape index (κ2) is 8.36. The fraction of sp³-hybridized carbons (Fsp3) is 0.0952. The average molecular weight is 442 g/mol. The van der Waals surface area contributed by atoms with Crippen LogP contribution >= 0.6 is 22.7 Å². The van der Waals surface area contributed by atoms with E-state index >= 15 is 0 Å². The summed E-state index contributed by atoms with van der Waals surface area (Å²) in [5.41, 5.74) is 3.40. The Hall–Kier alpha value is -2.68. The van der Waals surface area contributed by atoms with Gasteiger partial charge in [0.25, 0.3) is 10.0 Å². The van der Waals surface area contributed by atoms with Gasteiger partial charge in [0, 0.05) is 29.1 Å². The SMILES string of the molecule is CN(c1ccccc1)S(=O)(=O)c1cccc(NCc2csc(-c3ccsc3)n2)c1. The molecule has 148 valence electrons. The average Bonchev–Trinajstić information content (AvgIpc) is 3.44. The molecule has 2 aromatic carbocycles. The van der Waals surface area contributed by atoms with Crippen molar-refractivity contribution in [3.8, 4) is 10.6 Å². The quantitative estimate of drug-likeness (QED) is 0.422. The summed E-state index contributed by atoms with van der Waals surface area (Å²) in [5.74, 6) is 0. The van der Waals surface area contributed by atoms with Crippen molar-refractivity contribution in [2.75, 3.05) is 16.7 Å². The first kappa shape index (κ1) is 19.6. The van der Waals surface area contributed by atoms with Crippen LogP contribution in [-0.4, -0.2) is 20.4 Å². The molecule has 0 unspecified atom stereocenters. The van der Waals surface area contributed by atoms with Crippen LogP contribution in [0, 0.1) is 0 Å². The molecule has 0 atom stereocenters. The Bertz CT molecular complexity index is 1190. The molecule has 0 spiro atoms. The number of aromatic nitrogens is 1. The Kier molecular flexibility index (Phi) is 5.66. The first-order chi connectivity index (χ1) is 14.0. The normalized spacial score (nSPS) is 11.3. The third kappa shape index (κ3) is 4.34. The topological polar surface area (TPSA) is 62.3 Å². The van der Waals surface area contributed by atoms with Gasteiger partial charge in [-0.25, -0.2) is 13.4 Å². The van der Waals surface area contributed by atoms with Gasteiger partial charge in [0.05, 0.1) is 22.8 Å². The van der Waals surface area contributed by atoms with Crippen LogP contribution in [0.1, 0.15) is 5.69 Å². The first-order valence-corrected chi connectivity index (χ1v) is 12.2. The maximum atomic E-state index is 13.0. The first-order valence-electron chi connectivity index (χ1n) is 8.89. The van der Waals surface area contributed by atoms with Gasteiger partial charge in [0.15, 0.2) is 0 Å². The summed E-state index contributed by atoms with van der Waals surface area (Å²) in [6.07, 6.45) is 0. The summed E-state index contributed by atoms with van der Waals surface area (Å²) in [6, 6.07) is 17.9. The Morgan fingerprint density at radius 1 is 1.03 bits per heavy atom. The van der Waals surface area contributed by atoms with Crippen molar-refractivity contribution in [3.63, 3.8) is 0 Å². The summed E-state index contributed by atoms with van der Waals surface area (Å²) in [6.45, 7) is 0.526. The summed E-state index contributed by atoms with van der Waals surface area (Å²) in [5, 5.41) is 10.4. The largest absolute Gasteiger partial charge is 0.379 e. The van der Waals surface area contributed by atoms with Gasteiger partial charge in [0.1, 0.15) is 5.01 Å². The molecule has 29 heavy (non-hydrogen) atoms. The number of nitrogens with one attached hydrogen (secondary N) is 1. The Balaban J connectivity index is 1.49. The minimum absolute atomic E-state index is 0.242. The highest BCUT2D eigenvalue weighted by atomic mass is 32.2. The van der Waals surface area contributed by atoms with Crippen molar-refractivity contribution in [2.45, 2.75) is 11.4 Å². The smallest absolute Gasteiger partial charge is 0.264 e. The molecule has 0 fully saturated rings. The lowest BCUT2D eigenvalue weighted by Crippen LogP contribution is -2.26. The highest BCUT2D eigenvalue weighted by molar-refractivity contribution is 7.92. The highest BCUT2D eigenvalue weighted by Crippen LogP contribution is 2.27. The lowest BCUT2D eigenvalue weighted by Gasteiger charge is -2.20. The monoisotopic (exact) mass is 441 g/mol. The molecule has 0 aliphatic rings. The van der Waals surface area contributed by atoms with Gasteiger partial charge in [-0.15, -0.1) is 11.3 Å². The summed E-state index contributed by atoms with van der Waals surface area (Å²) < 4.78 is 27.3. The molecular formula is C21H19N3O2S3. The summed E-state index contributed by atoms with van der Waals surface area (Å²) >= 11 is 3.25. The molecule has 0 saturated carbocycles. The number of thiophene rings is 1. The van der Waals surface area contributed by atoms with Gasteiger partial charge < -0.3 is 5.32 Å². The van der Waals surface area contributed by atoms with Crippen LogP contribution in [0.3, 0.4) is 0 Å². The van der Waals surface area contributed by atoms with E-state index in [1.165, 1.54) is 4.31 Å². The molecule has 5 nitrogen and oxygen atoms in total. The minimum Gasteiger partial charge on any atom is -0.379 e. The second-order valence-electron chi connectivity index (χ2n) is 6.35. The molecule has 0 amide bonds. The van der Waals surface area contributed by atoms with Gasteiger partial charge in [-0.2, -0.15) is 11.3 Å². The van der Waals surface area contributed by atoms with Gasteiger partial charge in [-0.3, -0.25) is 4.31 Å². The number of para-hydroxylation sites is 1. The summed E-state index contributed by atoms with van der Waals surface area (Å²) in [7, 11) is -2.08. The van der Waals surface area contributed by atoms with Gasteiger partial charge >= 0.3 is 0 Å². The van der Waals surface area contributed by atoms with E-state index in [1.807, 2.05) is 35.0 Å². The zero-order valence-electron chi connectivity index (χ0n) is 15.6. The Morgan fingerprint density at radius 2 is 1.86 bits per heavy atom. The third-order valence-electron chi connectivity index (χ3n) is 4.41. The molecule has 4 aromatic rings. The van der Waals surface area contributed by atoms with E-state index in [4.69, 9.17) is 0 Å². The highest BCUT2D eigenvalue weighted by Gasteiger charge is 2.21. The molecule has 8 heteroatoms. The fourth-order valence-electron chi connectivity index (χ4n) is 2.80. The number of thiazole rings is 1. The minimum atomic E-state index is -3.64. The maximum Gasteiger partial charge on any atom is 0.264 e. The van der Waals surface area contributed by atoms with Crippen molar-refractivity contribution in [3.05, 3.63) is 82.5 Å². The van der Waals surface area contributed by atoms with E-state index in [0.717, 1.165) is 22.0 Å². The zero-order valence-corrected chi connectivity index (χ0v) is 18.1. The van der Waals surface area contributed by atoms with Crippen LogP contribution < -0.4 is 9.62 Å². The van der Waals surface area contributed by atoms with E-state index in [9.17, 15) is 8.42 Å². The molecule has 0 radical (unpaired) electrons. The molecule has 2 aromatic heterocycles. The van der Waals surface area contributed by atoms with Crippen molar-refractivity contribution in [1.29, 1.82) is 0 Å². The molecular weight excluding hydrogens is 422 g/mol. The van der Waals surface area contributed by atoms with E-state index in [1.54, 1.807) is 60.1 Å². The van der Waals surface area contributed by atoms with Crippen LogP contribution in [-0.2, 0) is 16.6 Å². The van der Waals surface area contributed by atoms with Crippen LogP contribution in [0.5, 0.6) is 0 Å². The molecule has 2 heterocycles. The van der Waals surface area contributed by atoms with E-state index < -0.39 is 10.0 Å². The predicted molar refractivity (Wildman–Crippen MR) is 121 cm³/mol. The number of hydrogen-bond donors (Lipinski definition) is 1. The lowest BCUT2D eigenvalue weighted by molar-refractivity contribution is 0.594. The molecule has 0 aliphatic carbocycles. The van der Waals surface area contributed by atoms with E-state index in [-0.39, 0.29) is 4.90 Å². The molecule has 0 saturated heterocycles. The summed E-state index contributed by atoms with van der Waals surface area (Å²) in [4.78, 5) is 4.88. The number of sulfonamides is 1. The molecule has 1 N–H and O–H groups in total. The number of hydrogen-bond acceptors (Lipinski definition) is 6. The lowest BCUT2D eigenvalue weighted by atomic mass is 10.3. The number of nitrogens with zero attached hydrogens (tertiary/aromatic N) is 2. The predicted octanol–water partition coefficient (Wildman–Crippen LogP) is 5.31. The zero-order chi connectivity index (χ0) is 20.3. The number of anilines is 2. The van der Waals surface area contributed by atoms with E-state index in [2.05, 4.69) is 21.7 Å². The number of benzene rings is 2. The van der Waals surface area contributed by atoms with Gasteiger partial charge in [-0.05, 0) is 41.8 Å². The van der Waals surface area contributed by atoms with Crippen LogP contribution in [0.25, 0.3) is 10.6 Å². The number of rotatable bonds is 7. The van der Waals surface area contributed by atoms with Gasteiger partial charge in [0.2, 0.25) is 0 Å². The van der Waals surface area contributed by atoms with E-state index in [0.29, 0.717) is 12.2 Å². The molecule has 0 bridgehead atoms. The van der Waals surface area contributed by atoms with Gasteiger partial charge in [-0.1, -0.05) is 24.3 Å². The maximum absolute atomic E-state index is 13.0. The standard InChI is InChI=1S/C21H19N3O2S3/c1-24(19-7-3-2-4-8-19)29(25,26)20-9-5-6-17(12-20)22-13-18-15-28-21(23-18)16-10-11-27-14-16/h2-12,14-15,22H,13H2,1H3. The van der Waals surface area contributed by atoms with Crippen molar-refractivity contribution in [2.24, 2.45) is 0 Å². The van der Waals surface area contributed by atoms with Crippen molar-refractivity contribution in [1.82, 2.24) is 4.98 Å². The van der Waals surface area contributed by atoms with Crippen LogP contribution in [0.2, 0.25) is 0 Å². The third-order valence-corrected chi connectivity index (χ3v) is 7.81. The van der Waals surface area contributed by atoms with Crippen molar-refractivity contribution >= 4 is 44.1 Å². The molecule has 4 rings (SSSR count). The molecule has 0 aliphatic heterocycles. The second-order valence-corrected chi connectivity index (χ2v) is 9.95. The van der Waals surface area contributed by atoms with Crippen LogP contribution in [0.4, 0.5) is 11.4 Å². The van der Waals surface area contributed by atoms with Crippen LogP contribution in [0.15, 0.2) is 81.7 Å². The fourth-order valence-corrected chi connectivity index (χ4v) is 5.57.